The molecule has 2 saturated carbocycles. The molecule has 1 saturated heterocycles. The van der Waals surface area contributed by atoms with E-state index in [2.05, 4.69) is 0 Å². The lowest BCUT2D eigenvalue weighted by molar-refractivity contribution is -0.143. The van der Waals surface area contributed by atoms with E-state index in [0.29, 0.717) is 31.9 Å². The molecule has 37 heavy (non-hydrogen) atoms. The third kappa shape index (κ3) is 3.88. The van der Waals surface area contributed by atoms with Gasteiger partial charge in [0.25, 0.3) is 5.91 Å². The number of rotatable bonds is 5. The number of aliphatic imine (C=N–C) groups is 1. The van der Waals surface area contributed by atoms with Crippen LogP contribution in [-0.2, 0) is 9.59 Å². The number of amidine groups is 1. The van der Waals surface area contributed by atoms with Gasteiger partial charge in [-0.05, 0) is 79.9 Å². The molecule has 5 aliphatic carbocycles. The molecular formula is C30H33F2N3O2. The van der Waals surface area contributed by atoms with E-state index in [1.807, 2.05) is 30.1 Å². The highest BCUT2D eigenvalue weighted by molar-refractivity contribution is 6.10. The third-order valence-corrected chi connectivity index (χ3v) is 9.52. The number of carbonyl (C=O) groups excluding carboxylic acids is 2. The fourth-order valence-corrected chi connectivity index (χ4v) is 6.61. The minimum absolute atomic E-state index is 0.0282. The molecule has 3 fully saturated rings. The second-order valence-electron chi connectivity index (χ2n) is 12.4. The summed E-state index contributed by atoms with van der Waals surface area (Å²) in [7, 11) is 0. The first-order valence-corrected chi connectivity index (χ1v) is 13.8. The Morgan fingerprint density at radius 2 is 1.95 bits per heavy atom. The third-order valence-electron chi connectivity index (χ3n) is 9.52. The smallest absolute Gasteiger partial charge is 0.255 e. The van der Waals surface area contributed by atoms with Crippen molar-refractivity contribution in [3.8, 4) is 0 Å². The maximum atomic E-state index is 15.7. The van der Waals surface area contributed by atoms with Gasteiger partial charge in [-0.25, -0.2) is 8.78 Å². The lowest BCUT2D eigenvalue weighted by Crippen LogP contribution is -2.57. The zero-order chi connectivity index (χ0) is 25.5. The largest absolute Gasteiger partial charge is 0.341 e. The van der Waals surface area contributed by atoms with E-state index >= 15 is 4.39 Å². The first-order valence-electron chi connectivity index (χ1n) is 13.8. The molecule has 0 bridgehead atoms. The predicted molar refractivity (Wildman–Crippen MR) is 137 cm³/mol. The van der Waals surface area contributed by atoms with E-state index in [4.69, 9.17) is 4.99 Å². The Kier molecular flexibility index (Phi) is 5.09. The van der Waals surface area contributed by atoms with Crippen LogP contribution in [0.5, 0.6) is 0 Å². The summed E-state index contributed by atoms with van der Waals surface area (Å²) >= 11 is 0. The Balaban J connectivity index is 1.05. The minimum atomic E-state index is -1.20. The molecule has 3 atom stereocenters. The Labute approximate surface area is 216 Å². The Hall–Kier alpha value is -2.83. The topological polar surface area (TPSA) is 53.0 Å². The standard InChI is InChI=1S/C30H33F2N3O2/c1-29(8-9-29)27(36)34-15-18(16-34)17-35-26(33-30(10-11-30)28(35)37)24-7-5-22(14-25(24)32)19-2-3-21-13-23(31)6-4-20(21)12-19/h2-4,6,13-14,18,20,24-25H,5,7-12,15-17H2,1H3. The van der Waals surface area contributed by atoms with E-state index in [-0.39, 0.29) is 34.9 Å². The van der Waals surface area contributed by atoms with Crippen LogP contribution in [0.15, 0.2) is 64.0 Å². The number of hydrogen-bond acceptors (Lipinski definition) is 3. The van der Waals surface area contributed by atoms with Crippen LogP contribution >= 0.6 is 0 Å². The van der Waals surface area contributed by atoms with E-state index < -0.39 is 17.6 Å². The van der Waals surface area contributed by atoms with Crippen molar-refractivity contribution >= 4 is 17.6 Å². The molecule has 7 rings (SSSR count). The fraction of sp³-hybridized carbons (Fsp3) is 0.567. The Morgan fingerprint density at radius 3 is 2.65 bits per heavy atom. The molecule has 0 N–H and O–H groups in total. The Bertz CT molecular complexity index is 1260. The Morgan fingerprint density at radius 1 is 1.16 bits per heavy atom. The van der Waals surface area contributed by atoms with Gasteiger partial charge in [0, 0.05) is 36.9 Å². The van der Waals surface area contributed by atoms with Gasteiger partial charge in [0.2, 0.25) is 5.91 Å². The first-order chi connectivity index (χ1) is 17.7. The van der Waals surface area contributed by atoms with Gasteiger partial charge in [0.15, 0.2) is 0 Å². The van der Waals surface area contributed by atoms with Crippen LogP contribution in [0, 0.1) is 23.2 Å². The van der Waals surface area contributed by atoms with Crippen LogP contribution < -0.4 is 0 Å². The highest BCUT2D eigenvalue weighted by Gasteiger charge is 2.59. The molecule has 0 aromatic carbocycles. The van der Waals surface area contributed by atoms with Crippen LogP contribution in [0.3, 0.4) is 0 Å². The molecule has 5 nitrogen and oxygen atoms in total. The van der Waals surface area contributed by atoms with E-state index in [1.54, 1.807) is 17.1 Å². The van der Waals surface area contributed by atoms with Crippen molar-refractivity contribution in [2.45, 2.75) is 63.6 Å². The average Bonchev–Trinajstić information content (AvgIpc) is 3.78. The normalized spacial score (nSPS) is 33.2. The number of halogens is 2. The number of likely N-dealkylation sites (tertiary alicyclic amines) is 1. The summed E-state index contributed by atoms with van der Waals surface area (Å²) in [5.74, 6) is 0.596. The summed E-state index contributed by atoms with van der Waals surface area (Å²) in [6, 6.07) is 0. The molecule has 3 unspecified atom stereocenters. The SMILES string of the molecule is CC1(C(=O)N2CC(CN3C(=O)C4(CC4)N=C3C3CCC(C4=CC=C5C=C(F)C=CC5C4)=CC3F)C2)CC1. The van der Waals surface area contributed by atoms with Gasteiger partial charge in [-0.3, -0.25) is 19.5 Å². The van der Waals surface area contributed by atoms with Gasteiger partial charge in [0.1, 0.15) is 23.4 Å². The summed E-state index contributed by atoms with van der Waals surface area (Å²) in [6.45, 7) is 3.90. The summed E-state index contributed by atoms with van der Waals surface area (Å²) in [6.07, 6.45) is 15.0. The number of nitrogens with zero attached hydrogens (tertiary/aromatic N) is 3. The zero-order valence-electron chi connectivity index (χ0n) is 21.3. The molecule has 7 heteroatoms. The lowest BCUT2D eigenvalue weighted by atomic mass is 9.77. The molecule has 0 aromatic heterocycles. The van der Waals surface area contributed by atoms with Crippen molar-refractivity contribution in [2.24, 2.45) is 28.2 Å². The van der Waals surface area contributed by atoms with Gasteiger partial charge >= 0.3 is 0 Å². The predicted octanol–water partition coefficient (Wildman–Crippen LogP) is 4.99. The summed E-state index contributed by atoms with van der Waals surface area (Å²) < 4.78 is 29.3. The number of fused-ring (bicyclic) bond motifs is 1. The monoisotopic (exact) mass is 505 g/mol. The molecule has 194 valence electrons. The second kappa shape index (κ2) is 8.08. The number of amides is 2. The molecule has 7 aliphatic rings. The zero-order valence-corrected chi connectivity index (χ0v) is 21.3. The van der Waals surface area contributed by atoms with Crippen molar-refractivity contribution in [1.82, 2.24) is 9.80 Å². The molecule has 1 spiro atoms. The molecule has 0 aromatic rings. The molecule has 2 heterocycles. The maximum Gasteiger partial charge on any atom is 0.255 e. The lowest BCUT2D eigenvalue weighted by Gasteiger charge is -2.43. The van der Waals surface area contributed by atoms with E-state index in [9.17, 15) is 14.0 Å². The number of carbonyl (C=O) groups is 2. The van der Waals surface area contributed by atoms with Crippen molar-refractivity contribution in [3.63, 3.8) is 0 Å². The van der Waals surface area contributed by atoms with Gasteiger partial charge in [0.05, 0.1) is 5.92 Å². The van der Waals surface area contributed by atoms with Crippen LogP contribution in [0.4, 0.5) is 8.78 Å². The average molecular weight is 506 g/mol. The van der Waals surface area contributed by atoms with Crippen molar-refractivity contribution < 1.29 is 18.4 Å². The maximum absolute atomic E-state index is 15.7. The summed E-state index contributed by atoms with van der Waals surface area (Å²) in [5, 5.41) is 0. The van der Waals surface area contributed by atoms with Crippen LogP contribution in [-0.4, -0.2) is 58.8 Å². The van der Waals surface area contributed by atoms with Crippen molar-refractivity contribution in [2.75, 3.05) is 19.6 Å². The minimum Gasteiger partial charge on any atom is -0.341 e. The van der Waals surface area contributed by atoms with E-state index in [1.165, 1.54) is 6.08 Å². The quantitative estimate of drug-likeness (QED) is 0.529. The second-order valence-corrected chi connectivity index (χ2v) is 12.4. The van der Waals surface area contributed by atoms with Crippen molar-refractivity contribution in [1.29, 1.82) is 0 Å². The van der Waals surface area contributed by atoms with Crippen molar-refractivity contribution in [3.05, 3.63) is 59.0 Å². The summed E-state index contributed by atoms with van der Waals surface area (Å²) in [5.41, 5.74) is 2.27. The first kappa shape index (κ1) is 23.3. The fourth-order valence-electron chi connectivity index (χ4n) is 6.61. The van der Waals surface area contributed by atoms with Crippen LogP contribution in [0.25, 0.3) is 0 Å². The highest BCUT2D eigenvalue weighted by atomic mass is 19.1. The van der Waals surface area contributed by atoms with Gasteiger partial charge < -0.3 is 4.90 Å². The molecule has 2 amide bonds. The summed E-state index contributed by atoms with van der Waals surface area (Å²) in [4.78, 5) is 34.5. The number of hydrogen-bond donors (Lipinski definition) is 0. The molecule has 2 aliphatic heterocycles. The molecular weight excluding hydrogens is 472 g/mol. The van der Waals surface area contributed by atoms with Gasteiger partial charge in [-0.1, -0.05) is 25.2 Å². The highest BCUT2D eigenvalue weighted by Crippen LogP contribution is 2.49. The number of allylic oxidation sites excluding steroid dienone is 10. The van der Waals surface area contributed by atoms with Gasteiger partial charge in [-0.2, -0.15) is 0 Å². The van der Waals surface area contributed by atoms with Crippen LogP contribution in [0.2, 0.25) is 0 Å². The van der Waals surface area contributed by atoms with Gasteiger partial charge in [-0.15, -0.1) is 0 Å². The van der Waals surface area contributed by atoms with Crippen LogP contribution in [0.1, 0.15) is 51.9 Å². The van der Waals surface area contributed by atoms with E-state index in [0.717, 1.165) is 55.2 Å². The number of alkyl halides is 1. The molecule has 0 radical (unpaired) electrons.